The lowest BCUT2D eigenvalue weighted by Crippen LogP contribution is -2.60. The first-order valence-corrected chi connectivity index (χ1v) is 8.68. The lowest BCUT2D eigenvalue weighted by atomic mass is 9.60. The molecule has 6 nitrogen and oxygen atoms in total. The Morgan fingerprint density at radius 2 is 2.00 bits per heavy atom. The van der Waals surface area contributed by atoms with Crippen molar-refractivity contribution in [3.63, 3.8) is 0 Å². The summed E-state index contributed by atoms with van der Waals surface area (Å²) in [6, 6.07) is 0. The van der Waals surface area contributed by atoms with Gasteiger partial charge in [0.1, 0.15) is 6.10 Å². The number of carbonyl (C=O) groups excluding carboxylic acids is 3. The van der Waals surface area contributed by atoms with Gasteiger partial charge in [-0.3, -0.25) is 4.79 Å². The van der Waals surface area contributed by atoms with Crippen LogP contribution in [-0.4, -0.2) is 28.9 Å². The molecule has 2 bridgehead atoms. The number of aliphatic carboxylic acids is 2. The van der Waals surface area contributed by atoms with Crippen LogP contribution in [0.25, 0.3) is 0 Å². The minimum absolute atomic E-state index is 0.189. The largest absolute Gasteiger partial charge is 0.550 e. The summed E-state index contributed by atoms with van der Waals surface area (Å²) < 4.78 is 0. The van der Waals surface area contributed by atoms with E-state index in [0.29, 0.717) is 24.8 Å². The third kappa shape index (κ3) is 1.76. The molecule has 1 spiro atoms. The molecule has 4 aliphatic rings. The second-order valence-corrected chi connectivity index (χ2v) is 8.39. The highest BCUT2D eigenvalue weighted by Gasteiger charge is 2.68. The fourth-order valence-electron chi connectivity index (χ4n) is 6.36. The first kappa shape index (κ1) is 16.5. The topological polar surface area (TPSA) is 118 Å². The van der Waals surface area contributed by atoms with E-state index in [2.05, 4.69) is 6.58 Å². The second-order valence-electron chi connectivity index (χ2n) is 8.39. The van der Waals surface area contributed by atoms with Gasteiger partial charge in [0.2, 0.25) is 0 Å². The van der Waals surface area contributed by atoms with Crippen molar-refractivity contribution in [1.82, 2.24) is 0 Å². The molecule has 6 heteroatoms. The molecule has 0 amide bonds. The molecule has 0 aromatic rings. The number of carboxylic acid groups (broad SMARTS) is 2. The van der Waals surface area contributed by atoms with Gasteiger partial charge in [-0.1, -0.05) is 24.6 Å². The van der Waals surface area contributed by atoms with Crippen LogP contribution >= 0.6 is 0 Å². The highest BCUT2D eigenvalue weighted by Crippen LogP contribution is 2.71. The van der Waals surface area contributed by atoms with Gasteiger partial charge in [-0.05, 0) is 49.0 Å². The molecule has 3 saturated carbocycles. The Balaban J connectivity index is 1.97. The SMILES string of the molecule is C=C1C[C@]23C[C@H]1CC[C@H]2C1=CC(=O)[C@H](O)[C@@](C)(C(=O)[O-])[C@H]1[C@@H]3C(=O)[O-]. The summed E-state index contributed by atoms with van der Waals surface area (Å²) in [6.07, 6.45) is 2.15. The molecule has 1 N–H and O–H groups in total. The minimum Gasteiger partial charge on any atom is -0.550 e. The van der Waals surface area contributed by atoms with E-state index < -0.39 is 46.5 Å². The van der Waals surface area contributed by atoms with Gasteiger partial charge in [0, 0.05) is 23.2 Å². The highest BCUT2D eigenvalue weighted by molar-refractivity contribution is 6.00. The summed E-state index contributed by atoms with van der Waals surface area (Å²) >= 11 is 0. The molecule has 4 rings (SSSR count). The number of hydrogen-bond donors (Lipinski definition) is 1. The van der Waals surface area contributed by atoms with Crippen LogP contribution in [0.5, 0.6) is 0 Å². The van der Waals surface area contributed by atoms with E-state index in [0.717, 1.165) is 12.0 Å². The third-order valence-corrected chi connectivity index (χ3v) is 7.46. The maximum absolute atomic E-state index is 12.3. The Hall–Kier alpha value is -1.95. The zero-order valence-corrected chi connectivity index (χ0v) is 14.0. The van der Waals surface area contributed by atoms with Gasteiger partial charge < -0.3 is 24.9 Å². The van der Waals surface area contributed by atoms with Crippen molar-refractivity contribution >= 4 is 17.7 Å². The van der Waals surface area contributed by atoms with E-state index in [-0.39, 0.29) is 11.8 Å². The normalized spacial score (nSPS) is 47.9. The Bertz CT molecular complexity index is 751. The summed E-state index contributed by atoms with van der Waals surface area (Å²) in [6.45, 7) is 5.32. The maximum atomic E-state index is 12.3. The van der Waals surface area contributed by atoms with E-state index in [1.54, 1.807) is 0 Å². The summed E-state index contributed by atoms with van der Waals surface area (Å²) in [5, 5.41) is 34.4. The quantitative estimate of drug-likeness (QED) is 0.640. The molecule has 4 aliphatic carbocycles. The maximum Gasteiger partial charge on any atom is 0.185 e. The lowest BCUT2D eigenvalue weighted by molar-refractivity contribution is -0.330. The lowest BCUT2D eigenvalue weighted by Gasteiger charge is -2.47. The third-order valence-electron chi connectivity index (χ3n) is 7.46. The molecule has 0 saturated heterocycles. The van der Waals surface area contributed by atoms with Crippen molar-refractivity contribution in [3.8, 4) is 0 Å². The van der Waals surface area contributed by atoms with Gasteiger partial charge in [-0.25, -0.2) is 0 Å². The minimum atomic E-state index is -1.97. The van der Waals surface area contributed by atoms with E-state index in [4.69, 9.17) is 0 Å². The predicted molar refractivity (Wildman–Crippen MR) is 81.2 cm³/mol. The van der Waals surface area contributed by atoms with Crippen LogP contribution in [0.15, 0.2) is 23.8 Å². The van der Waals surface area contributed by atoms with Crippen molar-refractivity contribution in [2.75, 3.05) is 0 Å². The molecule has 0 heterocycles. The molecule has 25 heavy (non-hydrogen) atoms. The van der Waals surface area contributed by atoms with Crippen LogP contribution < -0.4 is 10.2 Å². The molecular formula is C19H20O6-2. The number of aliphatic hydroxyl groups excluding tert-OH is 1. The first-order chi connectivity index (χ1) is 11.6. The number of allylic oxidation sites excluding steroid dienone is 2. The standard InChI is InChI=1S/C19H22O6/c1-8-6-19-7-9(8)3-4-11(19)10-5-12(20)15(21)18(2,17(24)25)13(10)14(19)16(22)23/h5,9,11,13-15,21H,1,3-4,6-7H2,2H3,(H,22,23)(H,24,25)/p-2/t9-,11+,13-,14-,15+,18+,19+/m1/s1. The van der Waals surface area contributed by atoms with Gasteiger partial charge in [0.05, 0.1) is 5.97 Å². The summed E-state index contributed by atoms with van der Waals surface area (Å²) in [4.78, 5) is 36.4. The second kappa shape index (κ2) is 4.81. The fourth-order valence-corrected chi connectivity index (χ4v) is 6.36. The number of aliphatic hydroxyl groups is 1. The number of carbonyl (C=O) groups is 3. The highest BCUT2D eigenvalue weighted by atomic mass is 16.4. The van der Waals surface area contributed by atoms with Gasteiger partial charge in [-0.2, -0.15) is 0 Å². The molecule has 0 aromatic heterocycles. The van der Waals surface area contributed by atoms with Crippen LogP contribution in [0.4, 0.5) is 0 Å². The van der Waals surface area contributed by atoms with E-state index in [9.17, 15) is 29.7 Å². The average molecular weight is 344 g/mol. The summed E-state index contributed by atoms with van der Waals surface area (Å²) in [5.41, 5.74) is -1.10. The monoisotopic (exact) mass is 344 g/mol. The van der Waals surface area contributed by atoms with Crippen molar-refractivity contribution in [3.05, 3.63) is 23.8 Å². The van der Waals surface area contributed by atoms with Gasteiger partial charge >= 0.3 is 0 Å². The van der Waals surface area contributed by atoms with Crippen molar-refractivity contribution in [1.29, 1.82) is 0 Å². The van der Waals surface area contributed by atoms with Crippen LogP contribution in [0, 0.1) is 34.5 Å². The van der Waals surface area contributed by atoms with Gasteiger partial charge in [0.15, 0.2) is 5.78 Å². The number of ketones is 1. The zero-order valence-electron chi connectivity index (χ0n) is 14.0. The molecule has 0 radical (unpaired) electrons. The Morgan fingerprint density at radius 3 is 2.60 bits per heavy atom. The smallest absolute Gasteiger partial charge is 0.185 e. The van der Waals surface area contributed by atoms with Crippen LogP contribution in [0.1, 0.15) is 32.6 Å². The number of rotatable bonds is 2. The summed E-state index contributed by atoms with van der Waals surface area (Å²) in [7, 11) is 0. The molecule has 134 valence electrons. The molecule has 0 unspecified atom stereocenters. The first-order valence-electron chi connectivity index (χ1n) is 8.68. The van der Waals surface area contributed by atoms with E-state index >= 15 is 0 Å². The average Bonchev–Trinajstić information content (AvgIpc) is 2.95. The van der Waals surface area contributed by atoms with Crippen LogP contribution in [0.3, 0.4) is 0 Å². The van der Waals surface area contributed by atoms with Crippen LogP contribution in [0.2, 0.25) is 0 Å². The number of fused-ring (bicyclic) bond motifs is 3. The zero-order chi connectivity index (χ0) is 18.3. The number of carboxylic acids is 2. The number of hydrogen-bond acceptors (Lipinski definition) is 6. The fraction of sp³-hybridized carbons (Fsp3) is 0.632. The Labute approximate surface area is 145 Å². The van der Waals surface area contributed by atoms with Gasteiger partial charge in [-0.15, -0.1) is 0 Å². The van der Waals surface area contributed by atoms with Crippen molar-refractivity contribution in [2.24, 2.45) is 34.5 Å². The van der Waals surface area contributed by atoms with Crippen LogP contribution in [-0.2, 0) is 14.4 Å². The van der Waals surface area contributed by atoms with Crippen molar-refractivity contribution < 1.29 is 29.7 Å². The van der Waals surface area contributed by atoms with E-state index in [1.807, 2.05) is 0 Å². The molecule has 3 fully saturated rings. The molecule has 0 aromatic carbocycles. The molecule has 7 atom stereocenters. The predicted octanol–water partition coefficient (Wildman–Crippen LogP) is -1.03. The van der Waals surface area contributed by atoms with Crippen molar-refractivity contribution in [2.45, 2.75) is 38.7 Å². The van der Waals surface area contributed by atoms with Gasteiger partial charge in [0.25, 0.3) is 0 Å². The van der Waals surface area contributed by atoms with E-state index in [1.165, 1.54) is 13.0 Å². The molecule has 0 aliphatic heterocycles. The Kier molecular flexibility index (Phi) is 3.18. The Morgan fingerprint density at radius 1 is 1.32 bits per heavy atom. The summed E-state index contributed by atoms with van der Waals surface area (Å²) in [5.74, 6) is -5.63. The molecular weight excluding hydrogens is 324 g/mol.